The van der Waals surface area contributed by atoms with E-state index in [1.54, 1.807) is 26.4 Å². The number of nitrogens with one attached hydrogen (secondary N) is 1. The molecule has 3 aromatic rings. The molecule has 3 N–H and O–H groups in total. The van der Waals surface area contributed by atoms with E-state index in [0.717, 1.165) is 24.3 Å². The smallest absolute Gasteiger partial charge is 0.234 e. The van der Waals surface area contributed by atoms with Crippen LogP contribution < -0.4 is 25.5 Å². The number of hydrogen-bond acceptors (Lipinski definition) is 8. The number of rotatable bonds is 8. The van der Waals surface area contributed by atoms with Crippen LogP contribution in [0.5, 0.6) is 11.5 Å². The number of thioether (sulfide) groups is 1. The van der Waals surface area contributed by atoms with Gasteiger partial charge < -0.3 is 25.5 Å². The summed E-state index contributed by atoms with van der Waals surface area (Å²) in [6, 6.07) is 13.3. The molecule has 9 nitrogen and oxygen atoms in total. The zero-order chi connectivity index (χ0) is 22.5. The summed E-state index contributed by atoms with van der Waals surface area (Å²) in [4.78, 5) is 14.8. The second-order valence-corrected chi connectivity index (χ2v) is 8.27. The molecule has 0 unspecified atom stereocenters. The van der Waals surface area contributed by atoms with Crippen LogP contribution in [-0.2, 0) is 4.79 Å². The largest absolute Gasteiger partial charge is 0.493 e. The van der Waals surface area contributed by atoms with Gasteiger partial charge in [-0.15, -0.1) is 10.2 Å². The van der Waals surface area contributed by atoms with E-state index in [0.29, 0.717) is 22.5 Å². The Balaban J connectivity index is 1.36. The van der Waals surface area contributed by atoms with Crippen molar-refractivity contribution in [3.8, 4) is 22.9 Å². The third-order valence-electron chi connectivity index (χ3n) is 5.26. The van der Waals surface area contributed by atoms with Crippen molar-refractivity contribution in [2.24, 2.45) is 0 Å². The van der Waals surface area contributed by atoms with Crippen molar-refractivity contribution in [3.63, 3.8) is 0 Å². The number of aromatic nitrogens is 3. The van der Waals surface area contributed by atoms with Crippen molar-refractivity contribution < 1.29 is 14.3 Å². The molecule has 1 aliphatic heterocycles. The lowest BCUT2D eigenvalue weighted by atomic mass is 10.2. The average Bonchev–Trinajstić information content (AvgIpc) is 3.48. The van der Waals surface area contributed by atoms with E-state index >= 15 is 0 Å². The van der Waals surface area contributed by atoms with E-state index in [9.17, 15) is 4.79 Å². The van der Waals surface area contributed by atoms with Crippen LogP contribution in [0.15, 0.2) is 47.6 Å². The number of nitrogens with zero attached hydrogens (tertiary/aromatic N) is 4. The zero-order valence-electron chi connectivity index (χ0n) is 18.1. The minimum atomic E-state index is -0.139. The number of nitrogen functional groups attached to an aromatic ring is 1. The number of hydrogen-bond donors (Lipinski definition) is 2. The SMILES string of the molecule is COc1ccc(-c2nnc(SCC(=O)Nc3ccc(N4CCCC4)cc3)n2N)cc1OC. The number of carbonyl (C=O) groups excluding carboxylic acids is 1. The quantitative estimate of drug-likeness (QED) is 0.395. The van der Waals surface area contributed by atoms with E-state index in [-0.39, 0.29) is 11.7 Å². The molecule has 1 aliphatic rings. The predicted octanol–water partition coefficient (Wildman–Crippen LogP) is 3.01. The van der Waals surface area contributed by atoms with Crippen LogP contribution >= 0.6 is 11.8 Å². The molecule has 0 spiro atoms. The maximum Gasteiger partial charge on any atom is 0.234 e. The highest BCUT2D eigenvalue weighted by Crippen LogP contribution is 2.32. The van der Waals surface area contributed by atoms with Gasteiger partial charge in [0.1, 0.15) is 0 Å². The van der Waals surface area contributed by atoms with Gasteiger partial charge in [-0.25, -0.2) is 4.68 Å². The second kappa shape index (κ2) is 9.82. The fraction of sp³-hybridized carbons (Fsp3) is 0.318. The molecular formula is C22H26N6O3S. The van der Waals surface area contributed by atoms with Gasteiger partial charge in [0.15, 0.2) is 17.3 Å². The Labute approximate surface area is 190 Å². The molecule has 0 bridgehead atoms. The first-order chi connectivity index (χ1) is 15.6. The zero-order valence-corrected chi connectivity index (χ0v) is 18.9. The van der Waals surface area contributed by atoms with E-state index < -0.39 is 0 Å². The van der Waals surface area contributed by atoms with Gasteiger partial charge in [0.2, 0.25) is 11.1 Å². The lowest BCUT2D eigenvalue weighted by Crippen LogP contribution is -2.18. The van der Waals surface area contributed by atoms with E-state index in [4.69, 9.17) is 15.3 Å². The number of anilines is 2. The molecular weight excluding hydrogens is 428 g/mol. The Morgan fingerprint density at radius 3 is 2.47 bits per heavy atom. The summed E-state index contributed by atoms with van der Waals surface area (Å²) < 4.78 is 12.0. The Bertz CT molecular complexity index is 1080. The van der Waals surface area contributed by atoms with Crippen molar-refractivity contribution >= 4 is 29.0 Å². The molecule has 0 aliphatic carbocycles. The Morgan fingerprint density at radius 2 is 1.78 bits per heavy atom. The predicted molar refractivity (Wildman–Crippen MR) is 126 cm³/mol. The Morgan fingerprint density at radius 1 is 1.06 bits per heavy atom. The van der Waals surface area contributed by atoms with Gasteiger partial charge in [0.25, 0.3) is 0 Å². The summed E-state index contributed by atoms with van der Waals surface area (Å²) >= 11 is 1.22. The number of benzene rings is 2. The van der Waals surface area contributed by atoms with E-state index in [2.05, 4.69) is 20.4 Å². The van der Waals surface area contributed by atoms with Gasteiger partial charge in [0.05, 0.1) is 20.0 Å². The van der Waals surface area contributed by atoms with Crippen LogP contribution in [0.1, 0.15) is 12.8 Å². The first kappa shape index (κ1) is 21.8. The average molecular weight is 455 g/mol. The maximum absolute atomic E-state index is 12.4. The number of ether oxygens (including phenoxy) is 2. The summed E-state index contributed by atoms with van der Waals surface area (Å²) in [7, 11) is 3.14. The van der Waals surface area contributed by atoms with Crippen LogP contribution in [-0.4, -0.2) is 53.8 Å². The molecule has 0 atom stereocenters. The molecule has 1 aromatic heterocycles. The summed E-state index contributed by atoms with van der Waals surface area (Å²) in [6.45, 7) is 2.18. The third kappa shape index (κ3) is 4.75. The van der Waals surface area contributed by atoms with Gasteiger partial charge in [-0.05, 0) is 55.3 Å². The highest BCUT2D eigenvalue weighted by Gasteiger charge is 2.16. The summed E-state index contributed by atoms with van der Waals surface area (Å²) in [6.07, 6.45) is 2.46. The molecule has 2 aromatic carbocycles. The Kier molecular flexibility index (Phi) is 6.69. The molecule has 32 heavy (non-hydrogen) atoms. The lowest BCUT2D eigenvalue weighted by molar-refractivity contribution is -0.113. The topological polar surface area (TPSA) is 108 Å². The van der Waals surface area contributed by atoms with Crippen LogP contribution in [0.2, 0.25) is 0 Å². The molecule has 4 rings (SSSR count). The van der Waals surface area contributed by atoms with Gasteiger partial charge in [-0.3, -0.25) is 4.79 Å². The molecule has 2 heterocycles. The number of carbonyl (C=O) groups is 1. The number of methoxy groups -OCH3 is 2. The minimum absolute atomic E-state index is 0.139. The standard InChI is InChI=1S/C22H26N6O3S/c1-30-18-10-5-15(13-19(18)31-2)21-25-26-22(28(21)23)32-14-20(29)24-16-6-8-17(9-7-16)27-11-3-4-12-27/h5-10,13H,3-4,11-12,14,23H2,1-2H3,(H,24,29). The monoisotopic (exact) mass is 454 g/mol. The Hall–Kier alpha value is -3.40. The van der Waals surface area contributed by atoms with E-state index in [1.807, 2.05) is 30.3 Å². The summed E-state index contributed by atoms with van der Waals surface area (Å²) in [5.41, 5.74) is 2.68. The first-order valence-corrected chi connectivity index (χ1v) is 11.3. The van der Waals surface area contributed by atoms with Gasteiger partial charge >= 0.3 is 0 Å². The first-order valence-electron chi connectivity index (χ1n) is 10.3. The molecule has 1 fully saturated rings. The second-order valence-electron chi connectivity index (χ2n) is 7.32. The van der Waals surface area contributed by atoms with Crippen LogP contribution in [0.3, 0.4) is 0 Å². The van der Waals surface area contributed by atoms with Crippen molar-refractivity contribution in [1.29, 1.82) is 0 Å². The molecule has 1 amide bonds. The van der Waals surface area contributed by atoms with Crippen LogP contribution in [0.4, 0.5) is 11.4 Å². The van der Waals surface area contributed by atoms with Crippen molar-refractivity contribution in [2.75, 3.05) is 49.1 Å². The van der Waals surface area contributed by atoms with E-state index in [1.165, 1.54) is 35.0 Å². The molecule has 0 radical (unpaired) electrons. The van der Waals surface area contributed by atoms with Gasteiger partial charge in [0, 0.05) is 30.0 Å². The normalized spacial score (nSPS) is 13.2. The summed E-state index contributed by atoms with van der Waals surface area (Å²) in [5, 5.41) is 11.6. The van der Waals surface area contributed by atoms with Crippen molar-refractivity contribution in [3.05, 3.63) is 42.5 Å². The highest BCUT2D eigenvalue weighted by molar-refractivity contribution is 7.99. The third-order valence-corrected chi connectivity index (χ3v) is 6.20. The highest BCUT2D eigenvalue weighted by atomic mass is 32.2. The van der Waals surface area contributed by atoms with Gasteiger partial charge in [-0.1, -0.05) is 11.8 Å². The van der Waals surface area contributed by atoms with Gasteiger partial charge in [-0.2, -0.15) is 0 Å². The summed E-state index contributed by atoms with van der Waals surface area (Å²) in [5.74, 6) is 7.84. The number of amides is 1. The van der Waals surface area contributed by atoms with Crippen molar-refractivity contribution in [1.82, 2.24) is 14.9 Å². The minimum Gasteiger partial charge on any atom is -0.493 e. The molecule has 1 saturated heterocycles. The van der Waals surface area contributed by atoms with Crippen LogP contribution in [0, 0.1) is 0 Å². The molecule has 0 saturated carbocycles. The fourth-order valence-corrected chi connectivity index (χ4v) is 4.26. The van der Waals surface area contributed by atoms with Crippen molar-refractivity contribution in [2.45, 2.75) is 18.0 Å². The van der Waals surface area contributed by atoms with Crippen LogP contribution in [0.25, 0.3) is 11.4 Å². The lowest BCUT2D eigenvalue weighted by Gasteiger charge is -2.17. The number of nitrogens with two attached hydrogens (primary N) is 1. The molecule has 10 heteroatoms. The fourth-order valence-electron chi connectivity index (χ4n) is 3.61. The molecule has 168 valence electrons. The maximum atomic E-state index is 12.4.